The van der Waals surface area contributed by atoms with Crippen molar-refractivity contribution in [1.82, 2.24) is 0 Å². The Morgan fingerprint density at radius 2 is 1.75 bits per heavy atom. The Hall–Kier alpha value is -0.530. The third-order valence-corrected chi connectivity index (χ3v) is 4.83. The number of rotatable bonds is 5. The number of hydrogen-bond acceptors (Lipinski definition) is 1. The SMILES string of the molecule is CCC1CCCCC1C(CC)(CC)C(=O)O. The molecule has 0 aromatic carbocycles. The lowest BCUT2D eigenvalue weighted by molar-refractivity contribution is -0.156. The van der Waals surface area contributed by atoms with Crippen LogP contribution in [0, 0.1) is 17.3 Å². The van der Waals surface area contributed by atoms with Crippen molar-refractivity contribution >= 4 is 5.97 Å². The molecule has 94 valence electrons. The molecule has 1 rings (SSSR count). The zero-order valence-corrected chi connectivity index (χ0v) is 11.0. The first-order chi connectivity index (χ1) is 7.62. The molecule has 16 heavy (non-hydrogen) atoms. The van der Waals surface area contributed by atoms with Crippen molar-refractivity contribution in [3.8, 4) is 0 Å². The third kappa shape index (κ3) is 2.26. The van der Waals surface area contributed by atoms with Crippen LogP contribution in [0.2, 0.25) is 0 Å². The summed E-state index contributed by atoms with van der Waals surface area (Å²) in [6, 6.07) is 0. The van der Waals surface area contributed by atoms with Gasteiger partial charge in [-0.3, -0.25) is 4.79 Å². The third-order valence-electron chi connectivity index (χ3n) is 4.83. The molecular formula is C14H26O2. The van der Waals surface area contributed by atoms with Crippen molar-refractivity contribution in [3.05, 3.63) is 0 Å². The van der Waals surface area contributed by atoms with Crippen LogP contribution < -0.4 is 0 Å². The zero-order chi connectivity index (χ0) is 12.2. The van der Waals surface area contributed by atoms with Gasteiger partial charge in [-0.05, 0) is 31.1 Å². The van der Waals surface area contributed by atoms with Gasteiger partial charge >= 0.3 is 5.97 Å². The molecule has 0 aromatic rings. The second-order valence-electron chi connectivity index (χ2n) is 5.23. The maximum Gasteiger partial charge on any atom is 0.309 e. The fourth-order valence-electron chi connectivity index (χ4n) is 3.66. The second kappa shape index (κ2) is 5.70. The van der Waals surface area contributed by atoms with Gasteiger partial charge in [0.1, 0.15) is 0 Å². The van der Waals surface area contributed by atoms with E-state index in [1.807, 2.05) is 13.8 Å². The highest BCUT2D eigenvalue weighted by molar-refractivity contribution is 5.75. The summed E-state index contributed by atoms with van der Waals surface area (Å²) in [6.07, 6.45) is 7.55. The predicted molar refractivity (Wildman–Crippen MR) is 66.4 cm³/mol. The van der Waals surface area contributed by atoms with E-state index in [4.69, 9.17) is 0 Å². The molecule has 0 spiro atoms. The van der Waals surface area contributed by atoms with E-state index in [0.717, 1.165) is 25.7 Å². The van der Waals surface area contributed by atoms with Crippen molar-refractivity contribution in [3.63, 3.8) is 0 Å². The topological polar surface area (TPSA) is 37.3 Å². The molecule has 0 aromatic heterocycles. The van der Waals surface area contributed by atoms with Gasteiger partial charge in [-0.1, -0.05) is 46.5 Å². The maximum atomic E-state index is 11.6. The number of aliphatic carboxylic acids is 1. The quantitative estimate of drug-likeness (QED) is 0.766. The fourth-order valence-corrected chi connectivity index (χ4v) is 3.66. The maximum absolute atomic E-state index is 11.6. The van der Waals surface area contributed by atoms with Crippen LogP contribution in [-0.2, 0) is 4.79 Å². The zero-order valence-electron chi connectivity index (χ0n) is 11.0. The van der Waals surface area contributed by atoms with Crippen LogP contribution in [0.25, 0.3) is 0 Å². The van der Waals surface area contributed by atoms with Crippen LogP contribution in [0.15, 0.2) is 0 Å². The van der Waals surface area contributed by atoms with E-state index in [2.05, 4.69) is 6.92 Å². The lowest BCUT2D eigenvalue weighted by Crippen LogP contribution is -2.42. The first-order valence-electron chi connectivity index (χ1n) is 6.85. The summed E-state index contributed by atoms with van der Waals surface area (Å²) in [6.45, 7) is 6.29. The van der Waals surface area contributed by atoms with Crippen molar-refractivity contribution in [2.24, 2.45) is 17.3 Å². The lowest BCUT2D eigenvalue weighted by atomic mass is 9.61. The Morgan fingerprint density at radius 1 is 1.19 bits per heavy atom. The molecule has 1 fully saturated rings. The van der Waals surface area contributed by atoms with Gasteiger partial charge in [0, 0.05) is 0 Å². The first kappa shape index (κ1) is 13.5. The van der Waals surface area contributed by atoms with Crippen LogP contribution in [0.5, 0.6) is 0 Å². The largest absolute Gasteiger partial charge is 0.481 e. The summed E-state index contributed by atoms with van der Waals surface area (Å²) >= 11 is 0. The van der Waals surface area contributed by atoms with Crippen LogP contribution >= 0.6 is 0 Å². The van der Waals surface area contributed by atoms with Crippen molar-refractivity contribution in [1.29, 1.82) is 0 Å². The van der Waals surface area contributed by atoms with E-state index in [0.29, 0.717) is 11.8 Å². The minimum Gasteiger partial charge on any atom is -0.481 e. The summed E-state index contributed by atoms with van der Waals surface area (Å²) in [5.41, 5.74) is -0.457. The normalized spacial score (nSPS) is 26.7. The average Bonchev–Trinajstić information content (AvgIpc) is 2.31. The monoisotopic (exact) mass is 226 g/mol. The highest BCUT2D eigenvalue weighted by Crippen LogP contribution is 2.47. The molecule has 2 atom stereocenters. The summed E-state index contributed by atoms with van der Waals surface area (Å²) < 4.78 is 0. The van der Waals surface area contributed by atoms with Crippen molar-refractivity contribution < 1.29 is 9.90 Å². The Balaban J connectivity index is 2.95. The molecule has 0 amide bonds. The van der Waals surface area contributed by atoms with Gasteiger partial charge in [-0.15, -0.1) is 0 Å². The Bertz CT molecular complexity index is 231. The van der Waals surface area contributed by atoms with Crippen LogP contribution in [0.4, 0.5) is 0 Å². The Kier molecular flexibility index (Phi) is 4.82. The summed E-state index contributed by atoms with van der Waals surface area (Å²) in [5, 5.41) is 9.59. The molecule has 2 heteroatoms. The molecule has 1 N–H and O–H groups in total. The van der Waals surface area contributed by atoms with E-state index in [9.17, 15) is 9.90 Å². The van der Waals surface area contributed by atoms with Crippen LogP contribution in [0.3, 0.4) is 0 Å². The van der Waals surface area contributed by atoms with E-state index >= 15 is 0 Å². The second-order valence-corrected chi connectivity index (χ2v) is 5.23. The predicted octanol–water partition coefficient (Wildman–Crippen LogP) is 4.09. The molecule has 2 nitrogen and oxygen atoms in total. The highest BCUT2D eigenvalue weighted by atomic mass is 16.4. The molecule has 0 saturated heterocycles. The van der Waals surface area contributed by atoms with Gasteiger partial charge in [0.15, 0.2) is 0 Å². The van der Waals surface area contributed by atoms with Gasteiger partial charge in [0.25, 0.3) is 0 Å². The average molecular weight is 226 g/mol. The summed E-state index contributed by atoms with van der Waals surface area (Å²) in [4.78, 5) is 11.6. The molecule has 0 aliphatic heterocycles. The van der Waals surface area contributed by atoms with E-state index in [1.165, 1.54) is 19.3 Å². The van der Waals surface area contributed by atoms with Gasteiger partial charge < -0.3 is 5.11 Å². The van der Waals surface area contributed by atoms with Gasteiger partial charge in [0.05, 0.1) is 5.41 Å². The molecule has 0 bridgehead atoms. The smallest absolute Gasteiger partial charge is 0.309 e. The standard InChI is InChI=1S/C14H26O2/c1-4-11-9-7-8-10-12(11)14(5-2,6-3)13(15)16/h11-12H,4-10H2,1-3H3,(H,15,16). The van der Waals surface area contributed by atoms with Crippen molar-refractivity contribution in [2.45, 2.75) is 65.7 Å². The number of hydrogen-bond donors (Lipinski definition) is 1. The minimum absolute atomic E-state index is 0.402. The fraction of sp³-hybridized carbons (Fsp3) is 0.929. The summed E-state index contributed by atoms with van der Waals surface area (Å²) in [7, 11) is 0. The Labute approximate surface area is 99.4 Å². The van der Waals surface area contributed by atoms with Gasteiger partial charge in [-0.25, -0.2) is 0 Å². The van der Waals surface area contributed by atoms with Crippen LogP contribution in [0.1, 0.15) is 65.7 Å². The first-order valence-corrected chi connectivity index (χ1v) is 6.85. The van der Waals surface area contributed by atoms with Gasteiger partial charge in [0.2, 0.25) is 0 Å². The van der Waals surface area contributed by atoms with E-state index in [1.54, 1.807) is 0 Å². The number of carboxylic acids is 1. The number of carboxylic acid groups (broad SMARTS) is 1. The van der Waals surface area contributed by atoms with Crippen LogP contribution in [-0.4, -0.2) is 11.1 Å². The van der Waals surface area contributed by atoms with E-state index in [-0.39, 0.29) is 0 Å². The summed E-state index contributed by atoms with van der Waals surface area (Å²) in [5.74, 6) is 0.464. The molecule has 1 aliphatic carbocycles. The Morgan fingerprint density at radius 3 is 2.19 bits per heavy atom. The molecule has 0 heterocycles. The lowest BCUT2D eigenvalue weighted by Gasteiger charge is -2.43. The minimum atomic E-state index is -0.567. The highest BCUT2D eigenvalue weighted by Gasteiger charge is 2.46. The van der Waals surface area contributed by atoms with Crippen molar-refractivity contribution in [2.75, 3.05) is 0 Å². The molecule has 0 radical (unpaired) electrons. The molecule has 1 aliphatic rings. The number of carbonyl (C=O) groups is 1. The molecule has 1 saturated carbocycles. The van der Waals surface area contributed by atoms with Gasteiger partial charge in [-0.2, -0.15) is 0 Å². The van der Waals surface area contributed by atoms with E-state index < -0.39 is 11.4 Å². The molecule has 2 unspecified atom stereocenters. The molecular weight excluding hydrogens is 200 g/mol.